The lowest BCUT2D eigenvalue weighted by Crippen LogP contribution is -2.34. The molecular weight excluding hydrogens is 383 g/mol. The number of pyridine rings is 1. The van der Waals surface area contributed by atoms with Crippen molar-refractivity contribution >= 4 is 29.2 Å². The SMILES string of the molecule is CC(C)(C)OC(=O)N(c1ccc(C(F)(F)F)cc1)c1ncc(Cl)cc1C#N. The molecule has 142 valence electrons. The average Bonchev–Trinajstić information content (AvgIpc) is 2.54. The predicted molar refractivity (Wildman–Crippen MR) is 93.8 cm³/mol. The second-order valence-electron chi connectivity index (χ2n) is 6.50. The lowest BCUT2D eigenvalue weighted by atomic mass is 10.1. The maximum absolute atomic E-state index is 12.8. The minimum atomic E-state index is -4.52. The molecule has 9 heteroatoms. The van der Waals surface area contributed by atoms with E-state index in [9.17, 15) is 23.2 Å². The first-order valence-electron chi connectivity index (χ1n) is 7.68. The van der Waals surface area contributed by atoms with Crippen LogP contribution in [0.2, 0.25) is 5.02 Å². The summed E-state index contributed by atoms with van der Waals surface area (Å²) < 4.78 is 43.8. The van der Waals surface area contributed by atoms with E-state index in [0.29, 0.717) is 0 Å². The molecule has 0 bridgehead atoms. The number of anilines is 2. The van der Waals surface area contributed by atoms with E-state index in [0.717, 1.165) is 29.2 Å². The van der Waals surface area contributed by atoms with E-state index in [2.05, 4.69) is 4.98 Å². The standard InChI is InChI=1S/C18H15ClF3N3O2/c1-17(2,3)27-16(26)25(15-11(9-23)8-13(19)10-24-15)14-6-4-12(5-7-14)18(20,21)22/h4-8,10H,1-3H3. The van der Waals surface area contributed by atoms with Crippen LogP contribution in [0.5, 0.6) is 0 Å². The van der Waals surface area contributed by atoms with Crippen LogP contribution in [0.15, 0.2) is 36.5 Å². The first-order valence-corrected chi connectivity index (χ1v) is 8.06. The van der Waals surface area contributed by atoms with Crippen LogP contribution in [0, 0.1) is 11.3 Å². The number of halogens is 4. The Morgan fingerprint density at radius 1 is 1.22 bits per heavy atom. The highest BCUT2D eigenvalue weighted by atomic mass is 35.5. The van der Waals surface area contributed by atoms with Crippen LogP contribution < -0.4 is 4.90 Å². The van der Waals surface area contributed by atoms with Crippen LogP contribution in [0.3, 0.4) is 0 Å². The molecular formula is C18H15ClF3N3O2. The molecule has 1 aromatic heterocycles. The van der Waals surface area contributed by atoms with Crippen molar-refractivity contribution in [3.8, 4) is 6.07 Å². The summed E-state index contributed by atoms with van der Waals surface area (Å²) in [5.41, 5.74) is -1.72. The fourth-order valence-electron chi connectivity index (χ4n) is 2.11. The molecule has 2 aromatic rings. The Balaban J connectivity index is 2.58. The third-order valence-electron chi connectivity index (χ3n) is 3.19. The Kier molecular flexibility index (Phi) is 5.66. The molecule has 0 radical (unpaired) electrons. The van der Waals surface area contributed by atoms with Crippen molar-refractivity contribution in [2.75, 3.05) is 4.90 Å². The second-order valence-corrected chi connectivity index (χ2v) is 6.93. The van der Waals surface area contributed by atoms with Gasteiger partial charge in [-0.1, -0.05) is 11.6 Å². The minimum absolute atomic E-state index is 0.0340. The summed E-state index contributed by atoms with van der Waals surface area (Å²) in [6.07, 6.45) is -4.20. The van der Waals surface area contributed by atoms with Gasteiger partial charge in [0.15, 0.2) is 5.82 Å². The van der Waals surface area contributed by atoms with Gasteiger partial charge in [-0.05, 0) is 51.1 Å². The van der Waals surface area contributed by atoms with E-state index in [1.54, 1.807) is 20.8 Å². The Labute approximate surface area is 158 Å². The number of alkyl halides is 3. The highest BCUT2D eigenvalue weighted by Crippen LogP contribution is 2.34. The number of ether oxygens (including phenoxy) is 1. The molecule has 0 aliphatic rings. The normalized spacial score (nSPS) is 11.6. The third kappa shape index (κ3) is 5.11. The number of aromatic nitrogens is 1. The molecule has 2 rings (SSSR count). The summed E-state index contributed by atoms with van der Waals surface area (Å²) >= 11 is 5.83. The molecule has 0 spiro atoms. The van der Waals surface area contributed by atoms with E-state index in [-0.39, 0.29) is 22.1 Å². The van der Waals surface area contributed by atoms with Crippen LogP contribution in [0.25, 0.3) is 0 Å². The summed E-state index contributed by atoms with van der Waals surface area (Å²) in [6, 6.07) is 7.02. The topological polar surface area (TPSA) is 66.2 Å². The van der Waals surface area contributed by atoms with Crippen LogP contribution in [0.4, 0.5) is 29.5 Å². The van der Waals surface area contributed by atoms with Gasteiger partial charge in [-0.15, -0.1) is 0 Å². The third-order valence-corrected chi connectivity index (χ3v) is 3.40. The number of carbonyl (C=O) groups excluding carboxylic acids is 1. The minimum Gasteiger partial charge on any atom is -0.443 e. The number of amides is 1. The molecule has 0 atom stereocenters. The molecule has 1 aromatic carbocycles. The number of hydrogen-bond donors (Lipinski definition) is 0. The van der Waals surface area contributed by atoms with Crippen molar-refractivity contribution in [2.45, 2.75) is 32.5 Å². The Bertz CT molecular complexity index is 885. The van der Waals surface area contributed by atoms with Gasteiger partial charge in [0.25, 0.3) is 0 Å². The second kappa shape index (κ2) is 7.45. The van der Waals surface area contributed by atoms with Crippen LogP contribution in [0.1, 0.15) is 31.9 Å². The van der Waals surface area contributed by atoms with Gasteiger partial charge in [0.2, 0.25) is 0 Å². The van der Waals surface area contributed by atoms with E-state index < -0.39 is 23.4 Å². The summed E-state index contributed by atoms with van der Waals surface area (Å²) in [5, 5.41) is 9.50. The Morgan fingerprint density at radius 2 is 1.81 bits per heavy atom. The number of hydrogen-bond acceptors (Lipinski definition) is 4. The van der Waals surface area contributed by atoms with Crippen molar-refractivity contribution in [1.29, 1.82) is 5.26 Å². The Hall–Kier alpha value is -2.79. The fourth-order valence-corrected chi connectivity index (χ4v) is 2.27. The summed E-state index contributed by atoms with van der Waals surface area (Å²) in [5.74, 6) is -0.101. The zero-order chi connectivity index (χ0) is 20.4. The molecule has 0 aliphatic heterocycles. The van der Waals surface area contributed by atoms with Gasteiger partial charge in [-0.3, -0.25) is 0 Å². The highest BCUT2D eigenvalue weighted by molar-refractivity contribution is 6.30. The van der Waals surface area contributed by atoms with Gasteiger partial charge in [0, 0.05) is 6.20 Å². The number of rotatable bonds is 2. The number of benzene rings is 1. The molecule has 0 N–H and O–H groups in total. The van der Waals surface area contributed by atoms with Crippen LogP contribution >= 0.6 is 11.6 Å². The predicted octanol–water partition coefficient (Wildman–Crippen LogP) is 5.70. The molecule has 0 fully saturated rings. The van der Waals surface area contributed by atoms with Crippen molar-refractivity contribution in [1.82, 2.24) is 4.98 Å². The number of nitrogens with zero attached hydrogens (tertiary/aromatic N) is 3. The van der Waals surface area contributed by atoms with Gasteiger partial charge in [-0.2, -0.15) is 18.4 Å². The zero-order valence-corrected chi connectivity index (χ0v) is 15.4. The van der Waals surface area contributed by atoms with Crippen molar-refractivity contribution in [3.63, 3.8) is 0 Å². The fraction of sp³-hybridized carbons (Fsp3) is 0.278. The first kappa shape index (κ1) is 20.5. The smallest absolute Gasteiger partial charge is 0.420 e. The summed E-state index contributed by atoms with van der Waals surface area (Å²) in [4.78, 5) is 17.6. The molecule has 0 aliphatic carbocycles. The maximum Gasteiger partial charge on any atom is 0.420 e. The maximum atomic E-state index is 12.8. The lowest BCUT2D eigenvalue weighted by Gasteiger charge is -2.27. The number of nitriles is 1. The number of carbonyl (C=O) groups is 1. The van der Waals surface area contributed by atoms with Crippen LogP contribution in [-0.4, -0.2) is 16.7 Å². The zero-order valence-electron chi connectivity index (χ0n) is 14.6. The van der Waals surface area contributed by atoms with E-state index >= 15 is 0 Å². The monoisotopic (exact) mass is 397 g/mol. The molecule has 5 nitrogen and oxygen atoms in total. The van der Waals surface area contributed by atoms with Crippen molar-refractivity contribution < 1.29 is 22.7 Å². The quantitative estimate of drug-likeness (QED) is 0.652. The van der Waals surface area contributed by atoms with E-state index in [4.69, 9.17) is 16.3 Å². The van der Waals surface area contributed by atoms with E-state index in [1.165, 1.54) is 12.3 Å². The average molecular weight is 398 g/mol. The van der Waals surface area contributed by atoms with Gasteiger partial charge in [0.05, 0.1) is 21.8 Å². The van der Waals surface area contributed by atoms with Gasteiger partial charge >= 0.3 is 12.3 Å². The molecule has 1 heterocycles. The van der Waals surface area contributed by atoms with Crippen molar-refractivity contribution in [2.24, 2.45) is 0 Å². The van der Waals surface area contributed by atoms with Crippen molar-refractivity contribution in [3.05, 3.63) is 52.7 Å². The largest absolute Gasteiger partial charge is 0.443 e. The van der Waals surface area contributed by atoms with E-state index in [1.807, 2.05) is 6.07 Å². The van der Waals surface area contributed by atoms with Gasteiger partial charge in [-0.25, -0.2) is 14.7 Å². The van der Waals surface area contributed by atoms with Gasteiger partial charge < -0.3 is 4.74 Å². The lowest BCUT2D eigenvalue weighted by molar-refractivity contribution is -0.137. The molecule has 0 saturated carbocycles. The molecule has 1 amide bonds. The Morgan fingerprint density at radius 3 is 2.30 bits per heavy atom. The molecule has 27 heavy (non-hydrogen) atoms. The molecule has 0 saturated heterocycles. The first-order chi connectivity index (χ1) is 12.4. The van der Waals surface area contributed by atoms with Gasteiger partial charge in [0.1, 0.15) is 11.7 Å². The molecule has 0 unspecified atom stereocenters. The summed E-state index contributed by atoms with van der Waals surface area (Å²) in [6.45, 7) is 4.91. The van der Waals surface area contributed by atoms with Crippen LogP contribution in [-0.2, 0) is 10.9 Å². The highest BCUT2D eigenvalue weighted by Gasteiger charge is 2.32. The summed E-state index contributed by atoms with van der Waals surface area (Å²) in [7, 11) is 0.